The second-order valence-corrected chi connectivity index (χ2v) is 11.3. The number of fused-ring (bicyclic) bond motifs is 1. The maximum absolute atomic E-state index is 13.5. The fourth-order valence-corrected chi connectivity index (χ4v) is 6.67. The zero-order valence-electron chi connectivity index (χ0n) is 20.9. The largest absolute Gasteiger partial charge is 0.573 e. The number of alkyl halides is 3. The molecule has 0 spiro atoms. The zero-order valence-corrected chi connectivity index (χ0v) is 21.7. The molecule has 10 nitrogen and oxygen atoms in total. The van der Waals surface area contributed by atoms with Crippen LogP contribution in [0.1, 0.15) is 42.1 Å². The van der Waals surface area contributed by atoms with E-state index in [0.29, 0.717) is 12.0 Å². The number of carbonyl (C=O) groups excluding carboxylic acids is 3. The van der Waals surface area contributed by atoms with Crippen molar-refractivity contribution in [1.82, 2.24) is 19.5 Å². The predicted octanol–water partition coefficient (Wildman–Crippen LogP) is 2.26. The molecule has 0 radical (unpaired) electrons. The third kappa shape index (κ3) is 6.56. The normalized spacial score (nSPS) is 20.5. The van der Waals surface area contributed by atoms with Crippen LogP contribution in [0.25, 0.3) is 0 Å². The number of likely N-dealkylation sites (tertiary alicyclic amines) is 1. The van der Waals surface area contributed by atoms with Gasteiger partial charge in [-0.2, -0.15) is 4.31 Å². The fraction of sp³-hybridized carbons (Fsp3) is 0.440. The molecule has 210 valence electrons. The van der Waals surface area contributed by atoms with Crippen LogP contribution in [0.5, 0.6) is 5.75 Å². The van der Waals surface area contributed by atoms with E-state index in [0.717, 1.165) is 28.6 Å². The van der Waals surface area contributed by atoms with E-state index in [9.17, 15) is 36.0 Å². The zero-order chi connectivity index (χ0) is 28.4. The van der Waals surface area contributed by atoms with Crippen LogP contribution in [0.3, 0.4) is 0 Å². The number of benzene rings is 1. The topological polar surface area (TPSA) is 126 Å². The van der Waals surface area contributed by atoms with E-state index in [1.54, 1.807) is 19.1 Å². The van der Waals surface area contributed by atoms with Crippen LogP contribution in [0, 0.1) is 0 Å². The second-order valence-electron chi connectivity index (χ2n) is 9.35. The Bertz CT molecular complexity index is 1320. The maximum atomic E-state index is 13.5. The van der Waals surface area contributed by atoms with Gasteiger partial charge in [0.25, 0.3) is 5.91 Å². The van der Waals surface area contributed by atoms with Gasteiger partial charge in [-0.25, -0.2) is 8.42 Å². The highest BCUT2D eigenvalue weighted by molar-refractivity contribution is 7.88. The van der Waals surface area contributed by atoms with Crippen molar-refractivity contribution in [2.45, 2.75) is 56.4 Å². The highest BCUT2D eigenvalue weighted by atomic mass is 32.2. The summed E-state index contributed by atoms with van der Waals surface area (Å²) in [6.45, 7) is 1.59. The van der Waals surface area contributed by atoms with Crippen LogP contribution >= 0.6 is 0 Å². The van der Waals surface area contributed by atoms with Crippen LogP contribution in [0.2, 0.25) is 0 Å². The van der Waals surface area contributed by atoms with Crippen molar-refractivity contribution in [1.29, 1.82) is 0 Å². The van der Waals surface area contributed by atoms with E-state index in [1.807, 2.05) is 0 Å². The fourth-order valence-electron chi connectivity index (χ4n) is 4.96. The molecule has 3 heterocycles. The minimum Gasteiger partial charge on any atom is -0.406 e. The molecule has 2 saturated heterocycles. The molecule has 1 aromatic carbocycles. The third-order valence-electron chi connectivity index (χ3n) is 6.62. The van der Waals surface area contributed by atoms with E-state index >= 15 is 0 Å². The smallest absolute Gasteiger partial charge is 0.406 e. The summed E-state index contributed by atoms with van der Waals surface area (Å²) in [5.74, 6) is -2.43. The van der Waals surface area contributed by atoms with Crippen LogP contribution in [-0.4, -0.2) is 77.8 Å². The molecule has 3 unspecified atom stereocenters. The van der Waals surface area contributed by atoms with Crippen LogP contribution in [0.4, 0.5) is 13.2 Å². The molecule has 1 N–H and O–H groups in total. The Kier molecular flexibility index (Phi) is 8.25. The van der Waals surface area contributed by atoms with E-state index in [-0.39, 0.29) is 37.2 Å². The lowest BCUT2D eigenvalue weighted by Gasteiger charge is -2.28. The lowest BCUT2D eigenvalue weighted by molar-refractivity contribution is -0.274. The summed E-state index contributed by atoms with van der Waals surface area (Å²) >= 11 is 0. The molecule has 0 aliphatic carbocycles. The number of nitrogens with zero attached hydrogens (tertiary/aromatic N) is 3. The molecule has 2 aromatic rings. The van der Waals surface area contributed by atoms with Gasteiger partial charge < -0.3 is 15.0 Å². The Morgan fingerprint density at radius 1 is 1.21 bits per heavy atom. The van der Waals surface area contributed by atoms with Crippen LogP contribution in [-0.2, 0) is 25.4 Å². The summed E-state index contributed by atoms with van der Waals surface area (Å²) in [6.07, 6.45) is -0.897. The molecule has 4 rings (SSSR count). The lowest BCUT2D eigenvalue weighted by Crippen LogP contribution is -2.52. The van der Waals surface area contributed by atoms with Gasteiger partial charge in [-0.15, -0.1) is 13.2 Å². The molecule has 0 saturated carbocycles. The number of hydrogen-bond acceptors (Lipinski definition) is 7. The number of pyridine rings is 1. The Morgan fingerprint density at radius 2 is 1.92 bits per heavy atom. The predicted molar refractivity (Wildman–Crippen MR) is 132 cm³/mol. The molecule has 0 bridgehead atoms. The highest BCUT2D eigenvalue weighted by Gasteiger charge is 2.54. The summed E-state index contributed by atoms with van der Waals surface area (Å²) in [5, 5.41) is 2.60. The first-order valence-electron chi connectivity index (χ1n) is 12.3. The average molecular weight is 569 g/mol. The molecule has 2 aliphatic heterocycles. The van der Waals surface area contributed by atoms with Gasteiger partial charge in [0.1, 0.15) is 17.8 Å². The van der Waals surface area contributed by atoms with Gasteiger partial charge in [0.05, 0.1) is 18.3 Å². The lowest BCUT2D eigenvalue weighted by atomic mass is 10.1. The quantitative estimate of drug-likeness (QED) is 0.492. The van der Waals surface area contributed by atoms with Gasteiger partial charge in [-0.3, -0.25) is 19.4 Å². The first kappa shape index (κ1) is 28.5. The molecule has 2 aliphatic rings. The minimum absolute atomic E-state index is 0.0161. The summed E-state index contributed by atoms with van der Waals surface area (Å²) in [6, 6.07) is 4.82. The number of ether oxygens (including phenoxy) is 1. The number of sulfonamides is 1. The number of hydrogen-bond donors (Lipinski definition) is 1. The summed E-state index contributed by atoms with van der Waals surface area (Å²) in [7, 11) is -3.87. The first-order chi connectivity index (χ1) is 18.4. The van der Waals surface area contributed by atoms with Crippen molar-refractivity contribution in [3.8, 4) is 5.75 Å². The second kappa shape index (κ2) is 11.3. The highest BCUT2D eigenvalue weighted by Crippen LogP contribution is 2.33. The molecule has 2 fully saturated rings. The number of aromatic nitrogens is 1. The monoisotopic (exact) mass is 568 g/mol. The number of amides is 2. The van der Waals surface area contributed by atoms with Gasteiger partial charge in [-0.1, -0.05) is 19.4 Å². The van der Waals surface area contributed by atoms with Crippen molar-refractivity contribution < 1.29 is 40.7 Å². The van der Waals surface area contributed by atoms with Crippen LogP contribution < -0.4 is 10.1 Å². The van der Waals surface area contributed by atoms with E-state index in [4.69, 9.17) is 0 Å². The first-order valence-corrected chi connectivity index (χ1v) is 13.9. The van der Waals surface area contributed by atoms with Crippen molar-refractivity contribution >= 4 is 27.6 Å². The SMILES string of the molecule is CCCC(NC(=O)c1ccc(OC(F)(F)F)cc1)C(=O)N1CCC2C1C(=O)CN2S(=O)(=O)Cc1cccnc1. The summed E-state index contributed by atoms with van der Waals surface area (Å²) in [5.41, 5.74) is 0.491. The minimum atomic E-state index is -4.87. The van der Waals surface area contributed by atoms with E-state index in [1.165, 1.54) is 17.3 Å². The third-order valence-corrected chi connectivity index (χ3v) is 8.43. The standard InChI is InChI=1S/C25H27F3N4O6S/c1-2-4-19(30-23(34)17-6-8-18(9-7-17)38-25(26,27)28)24(35)31-12-10-20-22(31)21(33)14-32(20)39(36,37)15-16-5-3-11-29-13-16/h3,5-9,11,13,19-20,22H,2,4,10,12,14-15H2,1H3,(H,30,34). The Hall–Kier alpha value is -3.52. The number of carbonyl (C=O) groups is 3. The summed E-state index contributed by atoms with van der Waals surface area (Å²) in [4.78, 5) is 44.5. The van der Waals surface area contributed by atoms with Gasteiger partial charge in [0, 0.05) is 24.5 Å². The van der Waals surface area contributed by atoms with Crippen molar-refractivity contribution in [2.24, 2.45) is 0 Å². The number of nitrogens with one attached hydrogen (secondary N) is 1. The molecule has 1 aromatic heterocycles. The number of Topliss-reactive ketones (excluding diaryl/α,β-unsaturated/α-hetero) is 1. The Morgan fingerprint density at radius 3 is 2.54 bits per heavy atom. The van der Waals surface area contributed by atoms with Crippen LogP contribution in [0.15, 0.2) is 48.8 Å². The van der Waals surface area contributed by atoms with Gasteiger partial charge in [0.15, 0.2) is 5.78 Å². The Balaban J connectivity index is 1.45. The molecule has 39 heavy (non-hydrogen) atoms. The van der Waals surface area contributed by atoms with E-state index < -0.39 is 57.9 Å². The van der Waals surface area contributed by atoms with Gasteiger partial charge in [0.2, 0.25) is 15.9 Å². The maximum Gasteiger partial charge on any atom is 0.573 e. The molecular weight excluding hydrogens is 541 g/mol. The van der Waals surface area contributed by atoms with Gasteiger partial charge in [-0.05, 0) is 48.7 Å². The summed E-state index contributed by atoms with van der Waals surface area (Å²) < 4.78 is 68.4. The average Bonchev–Trinajstić information content (AvgIpc) is 3.44. The van der Waals surface area contributed by atoms with Gasteiger partial charge >= 0.3 is 6.36 Å². The molecule has 2 amide bonds. The molecular formula is C25H27F3N4O6S. The van der Waals surface area contributed by atoms with Crippen molar-refractivity contribution in [2.75, 3.05) is 13.1 Å². The number of halogens is 3. The molecule has 3 atom stereocenters. The number of rotatable bonds is 9. The van der Waals surface area contributed by atoms with Crippen molar-refractivity contribution in [3.05, 3.63) is 59.9 Å². The van der Waals surface area contributed by atoms with Crippen molar-refractivity contribution in [3.63, 3.8) is 0 Å². The van der Waals surface area contributed by atoms with E-state index in [2.05, 4.69) is 15.0 Å². The molecule has 14 heteroatoms. The number of ketones is 1. The Labute approximate surface area is 223 Å².